The zero-order chi connectivity index (χ0) is 16.5. The first-order valence-corrected chi connectivity index (χ1v) is 6.58. The summed E-state index contributed by atoms with van der Waals surface area (Å²) < 4.78 is 12.7. The van der Waals surface area contributed by atoms with E-state index in [2.05, 4.69) is 4.84 Å². The van der Waals surface area contributed by atoms with Crippen molar-refractivity contribution in [1.82, 2.24) is 9.96 Å². The normalized spacial score (nSPS) is 15.0. The number of hydroxylamine groups is 2. The minimum absolute atomic E-state index is 0.0229. The van der Waals surface area contributed by atoms with Crippen molar-refractivity contribution >= 4 is 30.5 Å². The van der Waals surface area contributed by atoms with Crippen molar-refractivity contribution in [3.8, 4) is 0 Å². The first kappa shape index (κ1) is 17.5. The van der Waals surface area contributed by atoms with Crippen LogP contribution in [0.3, 0.4) is 0 Å². The molecule has 0 unspecified atom stereocenters. The number of allylic oxidation sites excluding steroid dienone is 1. The fraction of sp³-hybridized carbons (Fsp3) is 0.462. The minimum Gasteiger partial charge on any atom is -0.330 e. The minimum atomic E-state index is -1.09. The molecule has 0 aliphatic carbocycles. The van der Waals surface area contributed by atoms with Crippen LogP contribution in [0.5, 0.6) is 0 Å². The van der Waals surface area contributed by atoms with E-state index in [4.69, 9.17) is 0 Å². The lowest BCUT2D eigenvalue weighted by atomic mass is 10.2. The van der Waals surface area contributed by atoms with Crippen LogP contribution in [-0.2, 0) is 28.8 Å². The van der Waals surface area contributed by atoms with E-state index in [1.165, 1.54) is 0 Å². The predicted octanol–water partition coefficient (Wildman–Crippen LogP) is 0.232. The number of hydrogen-bond donors (Lipinski definition) is 0. The second kappa shape index (κ2) is 8.65. The first-order chi connectivity index (χ1) is 10.5. The fourth-order valence-electron chi connectivity index (χ4n) is 1.71. The third-order valence-electron chi connectivity index (χ3n) is 2.78. The maximum absolute atomic E-state index is 12.7. The van der Waals surface area contributed by atoms with Crippen molar-refractivity contribution < 1.29 is 33.2 Å². The maximum Gasteiger partial charge on any atom is 0.333 e. The number of nitrogens with zero attached hydrogens (tertiary/aromatic N) is 2. The van der Waals surface area contributed by atoms with E-state index in [-0.39, 0.29) is 32.1 Å². The summed E-state index contributed by atoms with van der Waals surface area (Å²) in [6, 6.07) is 0. The van der Waals surface area contributed by atoms with Crippen LogP contribution in [0.4, 0.5) is 4.39 Å². The molecular weight excluding hydrogens is 299 g/mol. The lowest BCUT2D eigenvalue weighted by Gasteiger charge is -2.13. The Morgan fingerprint density at radius 3 is 2.41 bits per heavy atom. The molecule has 1 rings (SSSR count). The van der Waals surface area contributed by atoms with Crippen molar-refractivity contribution in [2.45, 2.75) is 32.1 Å². The molecule has 0 bridgehead atoms. The second-order valence-corrected chi connectivity index (χ2v) is 4.48. The van der Waals surface area contributed by atoms with Gasteiger partial charge in [-0.3, -0.25) is 19.2 Å². The van der Waals surface area contributed by atoms with E-state index in [0.717, 1.165) is 11.1 Å². The van der Waals surface area contributed by atoms with Gasteiger partial charge in [-0.2, -0.15) is 0 Å². The van der Waals surface area contributed by atoms with Gasteiger partial charge in [0.25, 0.3) is 11.8 Å². The van der Waals surface area contributed by atoms with Crippen LogP contribution >= 0.6 is 0 Å². The number of hydrogen-bond acceptors (Lipinski definition) is 6. The Balaban J connectivity index is 2.27. The average molecular weight is 314 g/mol. The van der Waals surface area contributed by atoms with Gasteiger partial charge in [0, 0.05) is 32.0 Å². The number of rotatable bonds is 9. The van der Waals surface area contributed by atoms with Gasteiger partial charge in [-0.1, -0.05) is 0 Å². The lowest BCUT2D eigenvalue weighted by molar-refractivity contribution is -0.197. The monoisotopic (exact) mass is 314 g/mol. The third kappa shape index (κ3) is 5.43. The van der Waals surface area contributed by atoms with E-state index in [0.29, 0.717) is 24.3 Å². The predicted molar refractivity (Wildman–Crippen MR) is 69.1 cm³/mol. The highest BCUT2D eigenvalue weighted by molar-refractivity contribution is 6.01. The van der Waals surface area contributed by atoms with E-state index in [1.807, 2.05) is 0 Å². The smallest absolute Gasteiger partial charge is 0.330 e. The summed E-state index contributed by atoms with van der Waals surface area (Å²) in [5.41, 5.74) is 0. The van der Waals surface area contributed by atoms with Gasteiger partial charge < -0.3 is 9.74 Å². The molecule has 1 aliphatic heterocycles. The molecule has 0 atom stereocenters. The number of carbonyl (C=O) groups is 5. The van der Waals surface area contributed by atoms with Crippen LogP contribution in [0.15, 0.2) is 12.0 Å². The molecule has 1 fully saturated rings. The number of aldehydes is 1. The number of amides is 3. The molecule has 9 heteroatoms. The highest BCUT2D eigenvalue weighted by Gasteiger charge is 2.32. The summed E-state index contributed by atoms with van der Waals surface area (Å²) in [4.78, 5) is 60.2. The summed E-state index contributed by atoms with van der Waals surface area (Å²) in [5, 5.41) is 0.461. The largest absolute Gasteiger partial charge is 0.333 e. The Kier molecular flexibility index (Phi) is 6.87. The molecule has 0 aromatic rings. The first-order valence-electron chi connectivity index (χ1n) is 6.58. The maximum atomic E-state index is 12.7. The van der Waals surface area contributed by atoms with Gasteiger partial charge in [0.1, 0.15) is 0 Å². The molecule has 3 amide bonds. The van der Waals surface area contributed by atoms with Crippen LogP contribution in [0.25, 0.3) is 0 Å². The van der Waals surface area contributed by atoms with Crippen molar-refractivity contribution in [3.05, 3.63) is 12.0 Å². The van der Waals surface area contributed by atoms with Crippen LogP contribution in [0.1, 0.15) is 32.1 Å². The van der Waals surface area contributed by atoms with E-state index in [1.54, 1.807) is 0 Å². The van der Waals surface area contributed by atoms with Crippen molar-refractivity contribution in [1.29, 1.82) is 0 Å². The van der Waals surface area contributed by atoms with Crippen molar-refractivity contribution in [3.63, 3.8) is 0 Å². The Labute approximate surface area is 125 Å². The molecule has 1 heterocycles. The zero-order valence-corrected chi connectivity index (χ0v) is 11.7. The average Bonchev–Trinajstić information content (AvgIpc) is 2.81. The van der Waals surface area contributed by atoms with Crippen molar-refractivity contribution in [2.24, 2.45) is 0 Å². The summed E-state index contributed by atoms with van der Waals surface area (Å²) in [7, 11) is 0. The number of halogens is 1. The number of imide groups is 1. The Morgan fingerprint density at radius 2 is 1.86 bits per heavy atom. The summed E-state index contributed by atoms with van der Waals surface area (Å²) in [5.74, 6) is -2.94. The Bertz CT molecular complexity index is 489. The van der Waals surface area contributed by atoms with E-state index in [9.17, 15) is 28.4 Å². The van der Waals surface area contributed by atoms with Crippen LogP contribution < -0.4 is 0 Å². The molecule has 22 heavy (non-hydrogen) atoms. The second-order valence-electron chi connectivity index (χ2n) is 4.48. The highest BCUT2D eigenvalue weighted by atomic mass is 19.1. The van der Waals surface area contributed by atoms with E-state index < -0.39 is 23.6 Å². The SMILES string of the molecule is O=C/C(F)=C\N(C=O)CCCCC(=O)ON1C(=O)CCC1=O. The van der Waals surface area contributed by atoms with Gasteiger partial charge in [-0.05, 0) is 12.8 Å². The molecular formula is C13H15FN2O6. The molecule has 1 aliphatic rings. The Hall–Kier alpha value is -2.58. The molecule has 120 valence electrons. The van der Waals surface area contributed by atoms with Gasteiger partial charge >= 0.3 is 5.97 Å². The van der Waals surface area contributed by atoms with Gasteiger partial charge in [-0.15, -0.1) is 5.06 Å². The summed E-state index contributed by atoms with van der Waals surface area (Å²) in [6.07, 6.45) is 1.70. The molecule has 8 nitrogen and oxygen atoms in total. The molecule has 0 saturated carbocycles. The molecule has 1 saturated heterocycles. The van der Waals surface area contributed by atoms with Crippen LogP contribution in [0, 0.1) is 0 Å². The van der Waals surface area contributed by atoms with Crippen LogP contribution in [0.2, 0.25) is 0 Å². The van der Waals surface area contributed by atoms with Gasteiger partial charge in [0.15, 0.2) is 12.1 Å². The third-order valence-corrected chi connectivity index (χ3v) is 2.78. The topological polar surface area (TPSA) is 101 Å². The molecule has 0 aromatic heterocycles. The zero-order valence-electron chi connectivity index (χ0n) is 11.7. The highest BCUT2D eigenvalue weighted by Crippen LogP contribution is 2.13. The Morgan fingerprint density at radius 1 is 1.23 bits per heavy atom. The van der Waals surface area contributed by atoms with Crippen molar-refractivity contribution in [2.75, 3.05) is 6.54 Å². The summed E-state index contributed by atoms with van der Waals surface area (Å²) >= 11 is 0. The number of unbranched alkanes of at least 4 members (excludes halogenated alkanes) is 1. The molecule has 0 aromatic carbocycles. The fourth-order valence-corrected chi connectivity index (χ4v) is 1.71. The van der Waals surface area contributed by atoms with Crippen LogP contribution in [-0.4, -0.2) is 47.0 Å². The quantitative estimate of drug-likeness (QED) is 0.261. The molecule has 0 radical (unpaired) electrons. The molecule has 0 spiro atoms. The van der Waals surface area contributed by atoms with Gasteiger partial charge in [0.05, 0.1) is 0 Å². The van der Waals surface area contributed by atoms with Gasteiger partial charge in [-0.25, -0.2) is 9.18 Å². The van der Waals surface area contributed by atoms with Gasteiger partial charge in [0.2, 0.25) is 6.41 Å². The summed E-state index contributed by atoms with van der Waals surface area (Å²) in [6.45, 7) is 0.111. The van der Waals surface area contributed by atoms with E-state index >= 15 is 0 Å². The standard InChI is InChI=1S/C13H15FN2O6/c14-10(8-17)7-15(9-18)6-2-1-3-13(21)22-16-11(19)4-5-12(16)20/h7-9H,1-6H2/b10-7+. The lowest BCUT2D eigenvalue weighted by Crippen LogP contribution is -2.32. The molecule has 0 N–H and O–H groups in total. The number of carbonyl (C=O) groups excluding carboxylic acids is 5.